The number of anilines is 1. The van der Waals surface area contributed by atoms with E-state index in [4.69, 9.17) is 11.6 Å². The lowest BCUT2D eigenvalue weighted by atomic mass is 10.2. The summed E-state index contributed by atoms with van der Waals surface area (Å²) in [4.78, 5) is 16.1. The van der Waals surface area contributed by atoms with Gasteiger partial charge in [0, 0.05) is 18.0 Å². The molecule has 0 saturated carbocycles. The molecule has 9 heteroatoms. The minimum Gasteiger partial charge on any atom is -0.278 e. The van der Waals surface area contributed by atoms with Gasteiger partial charge in [0.2, 0.25) is 0 Å². The van der Waals surface area contributed by atoms with Crippen LogP contribution in [0.3, 0.4) is 0 Å². The molecule has 0 aliphatic rings. The highest BCUT2D eigenvalue weighted by Gasteiger charge is 2.17. The van der Waals surface area contributed by atoms with E-state index in [0.29, 0.717) is 0 Å². The molecule has 1 aromatic heterocycles. The van der Waals surface area contributed by atoms with Crippen LogP contribution in [0.2, 0.25) is 5.02 Å². The zero-order valence-electron chi connectivity index (χ0n) is 14.4. The summed E-state index contributed by atoms with van der Waals surface area (Å²) in [5, 5.41) is 4.12. The van der Waals surface area contributed by atoms with E-state index in [0.717, 1.165) is 5.56 Å². The number of carbonyl (C=O) groups excluding carboxylic acids is 1. The Balaban J connectivity index is 1.75. The van der Waals surface area contributed by atoms with E-state index in [9.17, 15) is 13.2 Å². The first-order chi connectivity index (χ1) is 13.5. The second kappa shape index (κ2) is 8.64. The van der Waals surface area contributed by atoms with Gasteiger partial charge in [-0.05, 0) is 48.0 Å². The molecular weight excluding hydrogens is 400 g/mol. The molecule has 0 radical (unpaired) electrons. The van der Waals surface area contributed by atoms with Crippen molar-refractivity contribution in [2.75, 3.05) is 4.72 Å². The Kier molecular flexibility index (Phi) is 6.03. The first kappa shape index (κ1) is 19.5. The number of halogens is 1. The van der Waals surface area contributed by atoms with Gasteiger partial charge in [-0.25, -0.2) is 13.8 Å². The molecule has 7 nitrogen and oxygen atoms in total. The topological polar surface area (TPSA) is 101 Å². The van der Waals surface area contributed by atoms with Gasteiger partial charge in [0.1, 0.15) is 0 Å². The molecule has 1 heterocycles. The Morgan fingerprint density at radius 3 is 2.54 bits per heavy atom. The average molecular weight is 415 g/mol. The van der Waals surface area contributed by atoms with Gasteiger partial charge >= 0.3 is 0 Å². The average Bonchev–Trinajstić information content (AvgIpc) is 2.70. The zero-order valence-corrected chi connectivity index (χ0v) is 16.0. The number of hydrogen-bond donors (Lipinski definition) is 2. The highest BCUT2D eigenvalue weighted by molar-refractivity contribution is 7.92. The zero-order chi connectivity index (χ0) is 20.0. The molecule has 0 spiro atoms. The summed E-state index contributed by atoms with van der Waals surface area (Å²) in [5.41, 5.74) is 3.52. The van der Waals surface area contributed by atoms with Gasteiger partial charge in [-0.3, -0.25) is 14.5 Å². The number of benzene rings is 2. The third-order valence-electron chi connectivity index (χ3n) is 3.61. The van der Waals surface area contributed by atoms with Crippen LogP contribution >= 0.6 is 11.6 Å². The van der Waals surface area contributed by atoms with Crippen molar-refractivity contribution in [3.05, 3.63) is 89.2 Å². The normalized spacial score (nSPS) is 11.3. The molecule has 2 N–H and O–H groups in total. The van der Waals surface area contributed by atoms with E-state index in [1.54, 1.807) is 48.8 Å². The highest BCUT2D eigenvalue weighted by atomic mass is 35.5. The van der Waals surface area contributed by atoms with Gasteiger partial charge in [0.05, 0.1) is 21.8 Å². The van der Waals surface area contributed by atoms with Gasteiger partial charge in [-0.1, -0.05) is 29.8 Å². The second-order valence-corrected chi connectivity index (χ2v) is 7.68. The van der Waals surface area contributed by atoms with Crippen molar-refractivity contribution in [2.24, 2.45) is 5.10 Å². The lowest BCUT2D eigenvalue weighted by molar-refractivity contribution is 0.0955. The Bertz CT molecular complexity index is 1120. The number of amides is 1. The van der Waals surface area contributed by atoms with Crippen molar-refractivity contribution in [1.29, 1.82) is 0 Å². The van der Waals surface area contributed by atoms with Crippen LogP contribution in [0.1, 0.15) is 15.9 Å². The van der Waals surface area contributed by atoms with Crippen molar-refractivity contribution >= 4 is 39.4 Å². The SMILES string of the molecule is O=C(N/N=C\c1ccncc1)c1cccc(S(=O)(=O)Nc2ccccc2Cl)c1. The smallest absolute Gasteiger partial charge is 0.271 e. The van der Waals surface area contributed by atoms with E-state index in [1.807, 2.05) is 0 Å². The second-order valence-electron chi connectivity index (χ2n) is 5.59. The van der Waals surface area contributed by atoms with Gasteiger partial charge in [0.15, 0.2) is 0 Å². The maximum absolute atomic E-state index is 12.6. The van der Waals surface area contributed by atoms with Gasteiger partial charge in [0.25, 0.3) is 15.9 Å². The van der Waals surface area contributed by atoms with Gasteiger partial charge < -0.3 is 0 Å². The molecule has 0 bridgehead atoms. The fourth-order valence-corrected chi connectivity index (χ4v) is 3.60. The van der Waals surface area contributed by atoms with Crippen molar-refractivity contribution in [3.63, 3.8) is 0 Å². The van der Waals surface area contributed by atoms with E-state index >= 15 is 0 Å². The van der Waals surface area contributed by atoms with Crippen molar-refractivity contribution < 1.29 is 13.2 Å². The van der Waals surface area contributed by atoms with E-state index in [-0.39, 0.29) is 21.2 Å². The Hall–Kier alpha value is -3.23. The summed E-state index contributed by atoms with van der Waals surface area (Å²) in [6.45, 7) is 0. The third-order valence-corrected chi connectivity index (χ3v) is 5.30. The van der Waals surface area contributed by atoms with E-state index in [2.05, 4.69) is 20.2 Å². The molecule has 3 rings (SSSR count). The lowest BCUT2D eigenvalue weighted by Crippen LogP contribution is -2.19. The fourth-order valence-electron chi connectivity index (χ4n) is 2.23. The van der Waals surface area contributed by atoms with E-state index < -0.39 is 15.9 Å². The van der Waals surface area contributed by atoms with E-state index in [1.165, 1.54) is 30.5 Å². The largest absolute Gasteiger partial charge is 0.278 e. The van der Waals surface area contributed by atoms with Crippen LogP contribution in [0.15, 0.2) is 83.1 Å². The summed E-state index contributed by atoms with van der Waals surface area (Å²) in [5.74, 6) is -0.542. The molecule has 2 aromatic carbocycles. The molecule has 3 aromatic rings. The Morgan fingerprint density at radius 1 is 1.04 bits per heavy atom. The number of rotatable bonds is 6. The molecule has 0 fully saturated rings. The lowest BCUT2D eigenvalue weighted by Gasteiger charge is -2.10. The molecule has 1 amide bonds. The van der Waals surface area contributed by atoms with Crippen molar-refractivity contribution in [1.82, 2.24) is 10.4 Å². The first-order valence-electron chi connectivity index (χ1n) is 8.06. The Morgan fingerprint density at radius 2 is 1.79 bits per heavy atom. The van der Waals surface area contributed by atoms with Crippen LogP contribution in [0, 0.1) is 0 Å². The summed E-state index contributed by atoms with van der Waals surface area (Å²) >= 11 is 6.00. The molecule has 28 heavy (non-hydrogen) atoms. The molecule has 0 atom stereocenters. The van der Waals surface area contributed by atoms with Crippen LogP contribution in [-0.4, -0.2) is 25.5 Å². The minimum atomic E-state index is -3.92. The number of nitrogens with zero attached hydrogens (tertiary/aromatic N) is 2. The number of nitrogens with one attached hydrogen (secondary N) is 2. The van der Waals surface area contributed by atoms with Crippen molar-refractivity contribution in [2.45, 2.75) is 4.90 Å². The van der Waals surface area contributed by atoms with Gasteiger partial charge in [-0.2, -0.15) is 5.10 Å². The van der Waals surface area contributed by atoms with Crippen LogP contribution in [-0.2, 0) is 10.0 Å². The molecule has 0 aliphatic carbocycles. The third kappa shape index (κ3) is 4.93. The molecule has 0 unspecified atom stereocenters. The maximum atomic E-state index is 12.6. The van der Waals surface area contributed by atoms with Crippen molar-refractivity contribution in [3.8, 4) is 0 Å². The number of aromatic nitrogens is 1. The standard InChI is InChI=1S/C19H15ClN4O3S/c20-17-6-1-2-7-18(17)24-28(26,27)16-5-3-4-15(12-16)19(25)23-22-13-14-8-10-21-11-9-14/h1-13,24H,(H,23,25)/b22-13-. The monoisotopic (exact) mass is 414 g/mol. The van der Waals surface area contributed by atoms with Crippen LogP contribution in [0.5, 0.6) is 0 Å². The molecular formula is C19H15ClN4O3S. The number of sulfonamides is 1. The van der Waals surface area contributed by atoms with Gasteiger partial charge in [-0.15, -0.1) is 0 Å². The number of pyridine rings is 1. The van der Waals surface area contributed by atoms with Crippen LogP contribution in [0.25, 0.3) is 0 Å². The number of hydrazone groups is 1. The molecule has 142 valence electrons. The summed E-state index contributed by atoms with van der Waals surface area (Å²) in [6.07, 6.45) is 4.66. The minimum absolute atomic E-state index is 0.0711. The Labute approximate surface area is 167 Å². The predicted molar refractivity (Wildman–Crippen MR) is 108 cm³/mol. The van der Waals surface area contributed by atoms with Crippen LogP contribution < -0.4 is 10.1 Å². The number of carbonyl (C=O) groups is 1. The highest BCUT2D eigenvalue weighted by Crippen LogP contribution is 2.24. The quantitative estimate of drug-likeness (QED) is 0.477. The maximum Gasteiger partial charge on any atom is 0.271 e. The summed E-state index contributed by atoms with van der Waals surface area (Å²) in [6, 6.07) is 15.5. The first-order valence-corrected chi connectivity index (χ1v) is 9.93. The van der Waals surface area contributed by atoms with Crippen LogP contribution in [0.4, 0.5) is 5.69 Å². The summed E-state index contributed by atoms with van der Waals surface area (Å²) in [7, 11) is -3.92. The number of hydrogen-bond acceptors (Lipinski definition) is 5. The molecule has 0 saturated heterocycles. The molecule has 0 aliphatic heterocycles. The predicted octanol–water partition coefficient (Wildman–Crippen LogP) is 3.30. The summed E-state index contributed by atoms with van der Waals surface area (Å²) < 4.78 is 27.6. The number of para-hydroxylation sites is 1. The fraction of sp³-hybridized carbons (Fsp3) is 0.